The highest BCUT2D eigenvalue weighted by Crippen LogP contribution is 2.37. The number of aromatic nitrogens is 1. The summed E-state index contributed by atoms with van der Waals surface area (Å²) in [7, 11) is -0.344. The fourth-order valence-electron chi connectivity index (χ4n) is 3.96. The second-order valence-corrected chi connectivity index (χ2v) is 8.82. The maximum Gasteiger partial charge on any atom is 0.268 e. The quantitative estimate of drug-likeness (QED) is 0.716. The molecule has 1 N–H and O–H groups in total. The van der Waals surface area contributed by atoms with Crippen molar-refractivity contribution in [1.29, 1.82) is 0 Å². The van der Waals surface area contributed by atoms with Crippen LogP contribution in [0.4, 0.5) is 0 Å². The molecule has 6 heteroatoms. The molecule has 1 aliphatic rings. The van der Waals surface area contributed by atoms with E-state index in [1.54, 1.807) is 30.5 Å². The third-order valence-corrected chi connectivity index (χ3v) is 6.93. The number of ether oxygens (including phenoxy) is 1. The summed E-state index contributed by atoms with van der Waals surface area (Å²) in [4.78, 5) is 0.224. The van der Waals surface area contributed by atoms with Crippen molar-refractivity contribution >= 4 is 10.0 Å². The van der Waals surface area contributed by atoms with Crippen LogP contribution in [-0.2, 0) is 29.4 Å². The molecule has 0 amide bonds. The van der Waals surface area contributed by atoms with Gasteiger partial charge in [-0.1, -0.05) is 30.3 Å². The molecule has 0 radical (unpaired) electrons. The van der Waals surface area contributed by atoms with Gasteiger partial charge in [-0.2, -0.15) is 0 Å². The largest absolute Gasteiger partial charge is 0.497 e. The van der Waals surface area contributed by atoms with Crippen LogP contribution in [0.3, 0.4) is 0 Å². The Hall–Kier alpha value is -2.57. The Morgan fingerprint density at radius 1 is 1.11 bits per heavy atom. The predicted molar refractivity (Wildman–Crippen MR) is 110 cm³/mol. The van der Waals surface area contributed by atoms with Crippen LogP contribution in [0.25, 0.3) is 11.3 Å². The Morgan fingerprint density at radius 3 is 2.71 bits per heavy atom. The van der Waals surface area contributed by atoms with Gasteiger partial charge in [-0.25, -0.2) is 12.4 Å². The number of rotatable bonds is 5. The second-order valence-electron chi connectivity index (χ2n) is 7.00. The van der Waals surface area contributed by atoms with E-state index in [4.69, 9.17) is 4.74 Å². The van der Waals surface area contributed by atoms with Crippen molar-refractivity contribution in [3.63, 3.8) is 0 Å². The second kappa shape index (κ2) is 7.45. The van der Waals surface area contributed by atoms with Gasteiger partial charge in [-0.05, 0) is 55.1 Å². The van der Waals surface area contributed by atoms with Crippen LogP contribution in [-0.4, -0.2) is 26.5 Å². The van der Waals surface area contributed by atoms with E-state index in [1.807, 2.05) is 25.2 Å². The number of benzene rings is 2. The first kappa shape index (κ1) is 18.8. The van der Waals surface area contributed by atoms with Crippen molar-refractivity contribution in [2.45, 2.75) is 30.7 Å². The molecule has 0 bridgehead atoms. The maximum absolute atomic E-state index is 13.6. The number of nitrogens with zero attached hydrogens (tertiary/aromatic N) is 1. The molecule has 1 heterocycles. The number of nitrogens with one attached hydrogen (secondary N) is 1. The van der Waals surface area contributed by atoms with Crippen LogP contribution in [0, 0.1) is 0 Å². The zero-order valence-corrected chi connectivity index (χ0v) is 16.9. The molecule has 4 rings (SSSR count). The molecule has 0 aliphatic heterocycles. The standard InChI is InChI=1S/C22H24N2O3S/c1-23-14-17-15-24(28(25,26)19-10-6-9-18(13-19)27-2)22-20-11-4-3-7-16(20)8-5-12-21(17)22/h3-4,6-7,9-11,13,15,23H,5,8,12,14H2,1-2H3. The fourth-order valence-corrected chi connectivity index (χ4v) is 5.42. The molecule has 1 aliphatic carbocycles. The smallest absolute Gasteiger partial charge is 0.268 e. The minimum absolute atomic E-state index is 0.224. The van der Waals surface area contributed by atoms with E-state index in [0.29, 0.717) is 12.3 Å². The van der Waals surface area contributed by atoms with E-state index in [0.717, 1.165) is 41.6 Å². The molecule has 5 nitrogen and oxygen atoms in total. The van der Waals surface area contributed by atoms with Gasteiger partial charge in [0.2, 0.25) is 0 Å². The molecule has 2 aromatic carbocycles. The average Bonchev–Trinajstić information content (AvgIpc) is 2.96. The van der Waals surface area contributed by atoms with Crippen LogP contribution in [0.2, 0.25) is 0 Å². The molecule has 0 spiro atoms. The molecular formula is C22H24N2O3S. The third-order valence-electron chi connectivity index (χ3n) is 5.28. The van der Waals surface area contributed by atoms with Crippen LogP contribution < -0.4 is 10.1 Å². The Morgan fingerprint density at radius 2 is 1.93 bits per heavy atom. The lowest BCUT2D eigenvalue weighted by atomic mass is 10.0. The van der Waals surface area contributed by atoms with E-state index < -0.39 is 10.0 Å². The van der Waals surface area contributed by atoms with Crippen molar-refractivity contribution in [2.24, 2.45) is 0 Å². The van der Waals surface area contributed by atoms with E-state index >= 15 is 0 Å². The molecule has 0 saturated carbocycles. The lowest BCUT2D eigenvalue weighted by Gasteiger charge is -2.14. The van der Waals surface area contributed by atoms with Gasteiger partial charge in [0.05, 0.1) is 17.7 Å². The lowest BCUT2D eigenvalue weighted by molar-refractivity contribution is 0.413. The molecule has 0 fully saturated rings. The maximum atomic E-state index is 13.6. The molecule has 146 valence electrons. The summed E-state index contributed by atoms with van der Waals surface area (Å²) < 4.78 is 33.9. The Balaban J connectivity index is 1.99. The summed E-state index contributed by atoms with van der Waals surface area (Å²) >= 11 is 0. The van der Waals surface area contributed by atoms with Crippen molar-refractivity contribution in [3.8, 4) is 17.0 Å². The van der Waals surface area contributed by atoms with Gasteiger partial charge >= 0.3 is 0 Å². The normalized spacial score (nSPS) is 13.5. The first-order valence-electron chi connectivity index (χ1n) is 9.42. The van der Waals surface area contributed by atoms with E-state index in [1.165, 1.54) is 16.6 Å². The zero-order valence-electron chi connectivity index (χ0n) is 16.1. The van der Waals surface area contributed by atoms with Crippen LogP contribution in [0.15, 0.2) is 59.6 Å². The fraction of sp³-hybridized carbons (Fsp3) is 0.273. The summed E-state index contributed by atoms with van der Waals surface area (Å²) in [5.74, 6) is 0.523. The number of methoxy groups -OCH3 is 1. The summed E-state index contributed by atoms with van der Waals surface area (Å²) in [6.07, 6.45) is 4.59. The van der Waals surface area contributed by atoms with E-state index in [9.17, 15) is 8.42 Å². The minimum Gasteiger partial charge on any atom is -0.497 e. The van der Waals surface area contributed by atoms with Gasteiger partial charge < -0.3 is 10.1 Å². The van der Waals surface area contributed by atoms with Crippen molar-refractivity contribution in [1.82, 2.24) is 9.29 Å². The molecule has 3 aromatic rings. The summed E-state index contributed by atoms with van der Waals surface area (Å²) in [6, 6.07) is 14.8. The highest BCUT2D eigenvalue weighted by Gasteiger charge is 2.28. The lowest BCUT2D eigenvalue weighted by Crippen LogP contribution is -2.14. The summed E-state index contributed by atoms with van der Waals surface area (Å²) in [5.41, 5.74) is 5.13. The van der Waals surface area contributed by atoms with Crippen LogP contribution in [0.5, 0.6) is 5.75 Å². The van der Waals surface area contributed by atoms with Crippen molar-refractivity contribution in [3.05, 3.63) is 71.4 Å². The van der Waals surface area contributed by atoms with Crippen molar-refractivity contribution < 1.29 is 13.2 Å². The Kier molecular flexibility index (Phi) is 5.00. The average molecular weight is 397 g/mol. The van der Waals surface area contributed by atoms with Gasteiger partial charge in [-0.15, -0.1) is 0 Å². The molecule has 28 heavy (non-hydrogen) atoms. The topological polar surface area (TPSA) is 60.3 Å². The number of hydrogen-bond donors (Lipinski definition) is 1. The van der Waals surface area contributed by atoms with E-state index in [2.05, 4.69) is 11.4 Å². The van der Waals surface area contributed by atoms with Gasteiger partial charge in [-0.3, -0.25) is 0 Å². The first-order chi connectivity index (χ1) is 13.6. The highest BCUT2D eigenvalue weighted by atomic mass is 32.2. The van der Waals surface area contributed by atoms with Crippen LogP contribution >= 0.6 is 0 Å². The zero-order chi connectivity index (χ0) is 19.7. The summed E-state index contributed by atoms with van der Waals surface area (Å²) in [6.45, 7) is 0.630. The SMILES string of the molecule is CNCc1cn(S(=O)(=O)c2cccc(OC)c2)c2c1CCCc1ccccc1-2. The van der Waals surface area contributed by atoms with Crippen LogP contribution in [0.1, 0.15) is 23.1 Å². The predicted octanol–water partition coefficient (Wildman–Crippen LogP) is 3.61. The van der Waals surface area contributed by atoms with Crippen molar-refractivity contribution in [2.75, 3.05) is 14.2 Å². The number of aryl methyl sites for hydroxylation is 1. The first-order valence-corrected chi connectivity index (χ1v) is 10.9. The molecule has 0 saturated heterocycles. The monoisotopic (exact) mass is 396 g/mol. The van der Waals surface area contributed by atoms with Gasteiger partial charge in [0.25, 0.3) is 10.0 Å². The minimum atomic E-state index is -3.76. The van der Waals surface area contributed by atoms with E-state index in [-0.39, 0.29) is 4.90 Å². The molecule has 1 aromatic heterocycles. The molecular weight excluding hydrogens is 372 g/mol. The Labute approximate surface area is 166 Å². The Bertz CT molecular complexity index is 1120. The van der Waals surface area contributed by atoms with Gasteiger partial charge in [0, 0.05) is 24.4 Å². The van der Waals surface area contributed by atoms with Gasteiger partial charge in [0.15, 0.2) is 0 Å². The highest BCUT2D eigenvalue weighted by molar-refractivity contribution is 7.90. The molecule has 0 unspecified atom stereocenters. The number of hydrogen-bond acceptors (Lipinski definition) is 4. The van der Waals surface area contributed by atoms with Gasteiger partial charge in [0.1, 0.15) is 5.75 Å². The third kappa shape index (κ3) is 3.12. The number of fused-ring (bicyclic) bond motifs is 3. The summed E-state index contributed by atoms with van der Waals surface area (Å²) in [5, 5.41) is 3.17. The molecule has 0 atom stereocenters.